The van der Waals surface area contributed by atoms with Gasteiger partial charge in [-0.05, 0) is 54.8 Å². The maximum Gasteiger partial charge on any atom is 0.309 e. The number of rotatable bonds is 6. The number of carbonyl (C=O) groups is 2. The lowest BCUT2D eigenvalue weighted by atomic mass is 9.98. The number of carbonyl (C=O) groups excluding carboxylic acids is 2. The number of fused-ring (bicyclic) bond motifs is 1. The predicted molar refractivity (Wildman–Crippen MR) is 124 cm³/mol. The Balaban J connectivity index is 1.30. The summed E-state index contributed by atoms with van der Waals surface area (Å²) >= 11 is 0. The molecule has 2 heterocycles. The minimum Gasteiger partial charge on any atom is -0.452 e. The number of sulfonamides is 1. The van der Waals surface area contributed by atoms with E-state index in [1.165, 1.54) is 29.7 Å². The third-order valence-corrected chi connectivity index (χ3v) is 7.62. The van der Waals surface area contributed by atoms with Crippen LogP contribution < -0.4 is 5.32 Å². The van der Waals surface area contributed by atoms with Crippen LogP contribution in [0.25, 0.3) is 10.8 Å². The zero-order valence-electron chi connectivity index (χ0n) is 18.2. The van der Waals surface area contributed by atoms with Gasteiger partial charge in [0, 0.05) is 31.2 Å². The average Bonchev–Trinajstić information content (AvgIpc) is 2.84. The lowest BCUT2D eigenvalue weighted by Crippen LogP contribution is -2.41. The van der Waals surface area contributed by atoms with Crippen molar-refractivity contribution in [2.24, 2.45) is 5.92 Å². The summed E-state index contributed by atoms with van der Waals surface area (Å²) in [5, 5.41) is 4.83. The summed E-state index contributed by atoms with van der Waals surface area (Å²) in [4.78, 5) is 29.1. The van der Waals surface area contributed by atoms with Crippen LogP contribution in [0.3, 0.4) is 0 Å². The van der Waals surface area contributed by atoms with Crippen LogP contribution in [0.15, 0.2) is 71.9 Å². The van der Waals surface area contributed by atoms with E-state index in [9.17, 15) is 18.0 Å². The molecule has 9 heteroatoms. The van der Waals surface area contributed by atoms with Gasteiger partial charge in [0.2, 0.25) is 10.0 Å². The van der Waals surface area contributed by atoms with Crippen LogP contribution in [0.2, 0.25) is 0 Å². The molecule has 1 aromatic heterocycles. The number of hydrogen-bond acceptors (Lipinski definition) is 6. The monoisotopic (exact) mass is 467 g/mol. The first-order valence-corrected chi connectivity index (χ1v) is 12.2. The molecule has 4 rings (SSSR count). The van der Waals surface area contributed by atoms with Crippen LogP contribution in [0.4, 0.5) is 5.69 Å². The predicted octanol–water partition coefficient (Wildman–Crippen LogP) is 3.21. The van der Waals surface area contributed by atoms with Crippen LogP contribution in [-0.2, 0) is 24.3 Å². The number of amides is 1. The summed E-state index contributed by atoms with van der Waals surface area (Å²) in [6.07, 6.45) is 2.51. The van der Waals surface area contributed by atoms with Gasteiger partial charge in [-0.3, -0.25) is 14.6 Å². The Morgan fingerprint density at radius 2 is 1.79 bits per heavy atom. The first-order chi connectivity index (χ1) is 15.8. The molecule has 0 bridgehead atoms. The number of anilines is 1. The van der Waals surface area contributed by atoms with Crippen molar-refractivity contribution < 1.29 is 22.7 Å². The standard InChI is InChI=1S/C24H25N3O5S/c1-17(23(28)26-21-9-8-18-5-2-3-6-20(18)15-21)32-24(29)19-10-13-27(14-11-19)33(30,31)22-7-4-12-25-16-22/h2-9,12,15-17,19H,10-11,13-14H2,1H3,(H,26,28). The Morgan fingerprint density at radius 3 is 2.48 bits per heavy atom. The van der Waals surface area contributed by atoms with Crippen molar-refractivity contribution in [3.8, 4) is 0 Å². The summed E-state index contributed by atoms with van der Waals surface area (Å²) in [5.41, 5.74) is 0.621. The maximum atomic E-state index is 12.7. The van der Waals surface area contributed by atoms with E-state index in [0.717, 1.165) is 10.8 Å². The maximum absolute atomic E-state index is 12.7. The summed E-state index contributed by atoms with van der Waals surface area (Å²) in [6, 6.07) is 16.4. The van der Waals surface area contributed by atoms with Crippen molar-refractivity contribution in [2.75, 3.05) is 18.4 Å². The third-order valence-electron chi connectivity index (χ3n) is 5.74. The van der Waals surface area contributed by atoms with Crippen molar-refractivity contribution in [1.82, 2.24) is 9.29 Å². The van der Waals surface area contributed by atoms with E-state index in [1.54, 1.807) is 12.1 Å². The van der Waals surface area contributed by atoms with Gasteiger partial charge < -0.3 is 10.1 Å². The first kappa shape index (κ1) is 22.9. The fourth-order valence-corrected chi connectivity index (χ4v) is 5.25. The Labute approximate surface area is 192 Å². The van der Waals surface area contributed by atoms with Crippen LogP contribution in [0.5, 0.6) is 0 Å². The van der Waals surface area contributed by atoms with Gasteiger partial charge in [-0.25, -0.2) is 8.42 Å². The van der Waals surface area contributed by atoms with E-state index in [-0.39, 0.29) is 18.0 Å². The van der Waals surface area contributed by atoms with E-state index in [2.05, 4.69) is 10.3 Å². The number of ether oxygens (including phenoxy) is 1. The number of pyridine rings is 1. The Kier molecular flexibility index (Phi) is 6.71. The molecule has 0 saturated carbocycles. The molecule has 3 aromatic rings. The van der Waals surface area contributed by atoms with Gasteiger partial charge in [0.05, 0.1) is 5.92 Å². The van der Waals surface area contributed by atoms with Gasteiger partial charge in [-0.15, -0.1) is 0 Å². The van der Waals surface area contributed by atoms with Crippen LogP contribution in [-0.4, -0.2) is 48.8 Å². The first-order valence-electron chi connectivity index (χ1n) is 10.7. The quantitative estimate of drug-likeness (QED) is 0.558. The largest absolute Gasteiger partial charge is 0.452 e. The summed E-state index contributed by atoms with van der Waals surface area (Å²) in [6.45, 7) is 1.93. The number of aromatic nitrogens is 1. The Hall–Kier alpha value is -3.30. The van der Waals surface area contributed by atoms with E-state index < -0.39 is 33.9 Å². The molecule has 0 aliphatic carbocycles. The highest BCUT2D eigenvalue weighted by atomic mass is 32.2. The minimum atomic E-state index is -3.64. The highest BCUT2D eigenvalue weighted by Crippen LogP contribution is 2.25. The van der Waals surface area contributed by atoms with Crippen molar-refractivity contribution in [2.45, 2.75) is 30.8 Å². The molecular formula is C24H25N3O5S. The van der Waals surface area contributed by atoms with E-state index in [0.29, 0.717) is 18.5 Å². The molecule has 1 unspecified atom stereocenters. The molecule has 1 amide bonds. The molecule has 2 aromatic carbocycles. The molecule has 172 valence electrons. The van der Waals surface area contributed by atoms with Crippen molar-refractivity contribution in [3.63, 3.8) is 0 Å². The minimum absolute atomic E-state index is 0.130. The fourth-order valence-electron chi connectivity index (χ4n) is 3.82. The van der Waals surface area contributed by atoms with Crippen molar-refractivity contribution >= 4 is 38.4 Å². The van der Waals surface area contributed by atoms with Crippen LogP contribution in [0.1, 0.15) is 19.8 Å². The average molecular weight is 468 g/mol. The molecule has 0 spiro atoms. The van der Waals surface area contributed by atoms with Gasteiger partial charge in [0.25, 0.3) is 5.91 Å². The summed E-state index contributed by atoms with van der Waals surface area (Å²) in [5.74, 6) is -1.37. The highest BCUT2D eigenvalue weighted by molar-refractivity contribution is 7.89. The van der Waals surface area contributed by atoms with E-state index >= 15 is 0 Å². The smallest absolute Gasteiger partial charge is 0.309 e. The lowest BCUT2D eigenvalue weighted by Gasteiger charge is -2.30. The molecular weight excluding hydrogens is 442 g/mol. The number of hydrogen-bond donors (Lipinski definition) is 1. The van der Waals surface area contributed by atoms with Gasteiger partial charge >= 0.3 is 5.97 Å². The zero-order valence-corrected chi connectivity index (χ0v) is 19.0. The molecule has 1 aliphatic rings. The molecule has 33 heavy (non-hydrogen) atoms. The molecule has 1 fully saturated rings. The van der Waals surface area contributed by atoms with Crippen LogP contribution in [0, 0.1) is 5.92 Å². The highest BCUT2D eigenvalue weighted by Gasteiger charge is 2.34. The fraction of sp³-hybridized carbons (Fsp3) is 0.292. The van der Waals surface area contributed by atoms with Crippen LogP contribution >= 0.6 is 0 Å². The van der Waals surface area contributed by atoms with Gasteiger partial charge in [0.1, 0.15) is 4.90 Å². The van der Waals surface area contributed by atoms with E-state index in [1.807, 2.05) is 36.4 Å². The van der Waals surface area contributed by atoms with Crippen molar-refractivity contribution in [3.05, 3.63) is 67.0 Å². The van der Waals surface area contributed by atoms with Gasteiger partial charge in [0.15, 0.2) is 6.10 Å². The Bertz CT molecular complexity index is 1260. The molecule has 8 nitrogen and oxygen atoms in total. The SMILES string of the molecule is CC(OC(=O)C1CCN(S(=O)(=O)c2cccnc2)CC1)C(=O)Nc1ccc2ccccc2c1. The molecule has 0 radical (unpaired) electrons. The van der Waals surface area contributed by atoms with Gasteiger partial charge in [-0.1, -0.05) is 30.3 Å². The second-order valence-electron chi connectivity index (χ2n) is 8.00. The molecule has 1 saturated heterocycles. The topological polar surface area (TPSA) is 106 Å². The third kappa shape index (κ3) is 5.20. The second kappa shape index (κ2) is 9.68. The molecule has 1 N–H and O–H groups in total. The number of piperidine rings is 1. The summed E-state index contributed by atoms with van der Waals surface area (Å²) in [7, 11) is -3.64. The molecule has 1 atom stereocenters. The number of nitrogens with zero attached hydrogens (tertiary/aromatic N) is 2. The number of nitrogens with one attached hydrogen (secondary N) is 1. The normalized spacial score (nSPS) is 16.3. The van der Waals surface area contributed by atoms with E-state index in [4.69, 9.17) is 4.74 Å². The zero-order chi connectivity index (χ0) is 23.4. The summed E-state index contributed by atoms with van der Waals surface area (Å²) < 4.78 is 32.1. The lowest BCUT2D eigenvalue weighted by molar-refractivity contribution is -0.158. The number of esters is 1. The van der Waals surface area contributed by atoms with Crippen molar-refractivity contribution in [1.29, 1.82) is 0 Å². The second-order valence-corrected chi connectivity index (χ2v) is 9.94. The van der Waals surface area contributed by atoms with Gasteiger partial charge in [-0.2, -0.15) is 4.31 Å². The molecule has 1 aliphatic heterocycles. The number of benzene rings is 2. The Morgan fingerprint density at radius 1 is 1.06 bits per heavy atom.